The average molecular weight is 424 g/mol. The van der Waals surface area contributed by atoms with Crippen molar-refractivity contribution in [3.05, 3.63) is 70.7 Å². The van der Waals surface area contributed by atoms with Crippen molar-refractivity contribution in [3.8, 4) is 0 Å². The summed E-state index contributed by atoms with van der Waals surface area (Å²) in [6.07, 6.45) is 3.60. The van der Waals surface area contributed by atoms with Crippen LogP contribution in [0.5, 0.6) is 0 Å². The third kappa shape index (κ3) is 4.36. The van der Waals surface area contributed by atoms with Gasteiger partial charge in [0.25, 0.3) is 5.91 Å². The van der Waals surface area contributed by atoms with Crippen molar-refractivity contribution in [1.82, 2.24) is 9.47 Å². The van der Waals surface area contributed by atoms with Gasteiger partial charge in [0.1, 0.15) is 5.82 Å². The van der Waals surface area contributed by atoms with Gasteiger partial charge in [-0.1, -0.05) is 24.3 Å². The highest BCUT2D eigenvalue weighted by molar-refractivity contribution is 6.07. The molecule has 1 aromatic heterocycles. The Morgan fingerprint density at radius 2 is 2.00 bits per heavy atom. The van der Waals surface area contributed by atoms with Crippen molar-refractivity contribution in [2.75, 3.05) is 26.8 Å². The minimum absolute atomic E-state index is 0.0621. The van der Waals surface area contributed by atoms with Gasteiger partial charge in [0.2, 0.25) is 0 Å². The first-order valence-corrected chi connectivity index (χ1v) is 10.9. The van der Waals surface area contributed by atoms with E-state index in [0.29, 0.717) is 32.8 Å². The second-order valence-corrected chi connectivity index (χ2v) is 8.36. The summed E-state index contributed by atoms with van der Waals surface area (Å²) in [6, 6.07) is 11.2. The molecule has 0 atom stereocenters. The fourth-order valence-electron chi connectivity index (χ4n) is 4.70. The number of hydrogen-bond acceptors (Lipinski definition) is 3. The summed E-state index contributed by atoms with van der Waals surface area (Å²) in [4.78, 5) is 15.3. The number of piperidine rings is 1. The largest absolute Gasteiger partial charge is 0.383 e. The average Bonchev–Trinajstić information content (AvgIpc) is 3.16. The summed E-state index contributed by atoms with van der Waals surface area (Å²) >= 11 is 0. The zero-order valence-corrected chi connectivity index (χ0v) is 18.2. The van der Waals surface area contributed by atoms with Gasteiger partial charge in [-0.3, -0.25) is 4.79 Å². The van der Waals surface area contributed by atoms with Gasteiger partial charge in [0.05, 0.1) is 17.7 Å². The van der Waals surface area contributed by atoms with Crippen LogP contribution in [-0.4, -0.2) is 42.2 Å². The van der Waals surface area contributed by atoms with E-state index in [1.165, 1.54) is 6.07 Å². The second kappa shape index (κ2) is 9.20. The molecule has 164 valence electrons. The molecule has 4 rings (SSSR count). The number of ether oxygens (including phenoxy) is 1. The number of aryl methyl sites for hydroxylation is 1. The molecular formula is C25H30FN3O2. The lowest BCUT2D eigenvalue weighted by atomic mass is 9.88. The molecule has 2 N–H and O–H groups in total. The van der Waals surface area contributed by atoms with Gasteiger partial charge in [-0.25, -0.2) is 4.39 Å². The highest BCUT2D eigenvalue weighted by Gasteiger charge is 2.27. The molecule has 0 bridgehead atoms. The number of methoxy groups -OCH3 is 1. The molecule has 0 unspecified atom stereocenters. The summed E-state index contributed by atoms with van der Waals surface area (Å²) in [5.74, 6) is 0.0677. The maximum atomic E-state index is 13.9. The minimum atomic E-state index is -0.240. The third-order valence-corrected chi connectivity index (χ3v) is 6.34. The van der Waals surface area contributed by atoms with Crippen LogP contribution in [0.1, 0.15) is 45.8 Å². The van der Waals surface area contributed by atoms with E-state index in [9.17, 15) is 9.18 Å². The quantitative estimate of drug-likeness (QED) is 0.646. The highest BCUT2D eigenvalue weighted by atomic mass is 19.1. The van der Waals surface area contributed by atoms with Crippen molar-refractivity contribution in [2.24, 2.45) is 5.73 Å². The number of hydrogen-bond donors (Lipinski definition) is 1. The Bertz CT molecular complexity index is 1080. The highest BCUT2D eigenvalue weighted by Crippen LogP contribution is 2.31. The Labute approximate surface area is 182 Å². The molecule has 0 aliphatic carbocycles. The van der Waals surface area contributed by atoms with Gasteiger partial charge >= 0.3 is 0 Å². The van der Waals surface area contributed by atoms with Gasteiger partial charge in [-0.2, -0.15) is 0 Å². The molecule has 1 aliphatic rings. The van der Waals surface area contributed by atoms with Gasteiger partial charge in [0.15, 0.2) is 0 Å². The third-order valence-electron chi connectivity index (χ3n) is 6.34. The Balaban J connectivity index is 1.53. The number of rotatable bonds is 6. The fourth-order valence-corrected chi connectivity index (χ4v) is 4.70. The number of benzene rings is 2. The van der Waals surface area contributed by atoms with Gasteiger partial charge < -0.3 is 19.9 Å². The SMILES string of the molecule is COCCn1cc(C(=O)N2CCC(c3cc(F)cc(CN)c3)CC2)c2cccc(C)c21. The van der Waals surface area contributed by atoms with E-state index in [-0.39, 0.29) is 17.6 Å². The summed E-state index contributed by atoms with van der Waals surface area (Å²) in [5.41, 5.74) is 10.5. The zero-order valence-electron chi connectivity index (χ0n) is 18.2. The number of carbonyl (C=O) groups excluding carboxylic acids is 1. The van der Waals surface area contributed by atoms with Crippen LogP contribution in [0, 0.1) is 12.7 Å². The van der Waals surface area contributed by atoms with Gasteiger partial charge in [-0.15, -0.1) is 0 Å². The van der Waals surface area contributed by atoms with Crippen molar-refractivity contribution in [1.29, 1.82) is 0 Å². The predicted molar refractivity (Wildman–Crippen MR) is 121 cm³/mol. The lowest BCUT2D eigenvalue weighted by Crippen LogP contribution is -2.37. The number of nitrogens with zero attached hydrogens (tertiary/aromatic N) is 2. The van der Waals surface area contributed by atoms with E-state index in [4.69, 9.17) is 10.5 Å². The van der Waals surface area contributed by atoms with Crippen molar-refractivity contribution >= 4 is 16.8 Å². The van der Waals surface area contributed by atoms with Crippen LogP contribution in [0.2, 0.25) is 0 Å². The van der Waals surface area contributed by atoms with E-state index < -0.39 is 0 Å². The van der Waals surface area contributed by atoms with Gasteiger partial charge in [-0.05, 0) is 54.5 Å². The first-order chi connectivity index (χ1) is 15.0. The van der Waals surface area contributed by atoms with Crippen molar-refractivity contribution < 1.29 is 13.9 Å². The molecule has 0 radical (unpaired) electrons. The van der Waals surface area contributed by atoms with Crippen molar-refractivity contribution in [3.63, 3.8) is 0 Å². The number of halogens is 1. The lowest BCUT2D eigenvalue weighted by molar-refractivity contribution is 0.0714. The monoisotopic (exact) mass is 423 g/mol. The van der Waals surface area contributed by atoms with Gasteiger partial charge in [0, 0.05) is 44.9 Å². The Kier molecular flexibility index (Phi) is 6.39. The zero-order chi connectivity index (χ0) is 22.0. The molecular weight excluding hydrogens is 393 g/mol. The number of carbonyl (C=O) groups is 1. The van der Waals surface area contributed by atoms with Crippen LogP contribution < -0.4 is 5.73 Å². The maximum absolute atomic E-state index is 13.9. The smallest absolute Gasteiger partial charge is 0.256 e. The molecule has 0 saturated carbocycles. The van der Waals surface area contributed by atoms with E-state index in [2.05, 4.69) is 17.6 Å². The Hall–Kier alpha value is -2.70. The van der Waals surface area contributed by atoms with E-state index in [1.807, 2.05) is 29.3 Å². The maximum Gasteiger partial charge on any atom is 0.256 e. The molecule has 1 saturated heterocycles. The molecule has 6 heteroatoms. The van der Waals surface area contributed by atoms with Crippen LogP contribution in [0.4, 0.5) is 4.39 Å². The lowest BCUT2D eigenvalue weighted by Gasteiger charge is -2.32. The number of fused-ring (bicyclic) bond motifs is 1. The first kappa shape index (κ1) is 21.5. The molecule has 0 spiro atoms. The standard InChI is InChI=1S/C25H30FN3O2/c1-17-4-3-5-22-23(16-29(24(17)22)10-11-31-2)25(30)28-8-6-19(7-9-28)20-12-18(15-27)13-21(26)14-20/h3-5,12-14,16,19H,6-11,15,27H2,1-2H3. The number of likely N-dealkylation sites (tertiary alicyclic amines) is 1. The summed E-state index contributed by atoms with van der Waals surface area (Å²) < 4.78 is 21.3. The topological polar surface area (TPSA) is 60.5 Å². The second-order valence-electron chi connectivity index (χ2n) is 8.36. The number of para-hydroxylation sites is 1. The molecule has 1 amide bonds. The summed E-state index contributed by atoms with van der Waals surface area (Å²) in [5, 5.41) is 0.987. The van der Waals surface area contributed by atoms with Crippen LogP contribution in [0.25, 0.3) is 10.9 Å². The first-order valence-electron chi connectivity index (χ1n) is 10.9. The number of amides is 1. The van der Waals surface area contributed by atoms with Crippen LogP contribution in [0.15, 0.2) is 42.6 Å². The minimum Gasteiger partial charge on any atom is -0.383 e. The van der Waals surface area contributed by atoms with Crippen LogP contribution >= 0.6 is 0 Å². The molecule has 1 aliphatic heterocycles. The fraction of sp³-hybridized carbons (Fsp3) is 0.400. The Morgan fingerprint density at radius 1 is 1.23 bits per heavy atom. The molecule has 5 nitrogen and oxygen atoms in total. The molecule has 1 fully saturated rings. The number of aromatic nitrogens is 1. The molecule has 31 heavy (non-hydrogen) atoms. The number of nitrogens with two attached hydrogens (primary N) is 1. The summed E-state index contributed by atoms with van der Waals surface area (Å²) in [6.45, 7) is 5.02. The molecule has 2 aromatic carbocycles. The van der Waals surface area contributed by atoms with E-state index in [1.54, 1.807) is 13.2 Å². The van der Waals surface area contributed by atoms with E-state index in [0.717, 1.165) is 46.0 Å². The molecule has 3 aromatic rings. The van der Waals surface area contributed by atoms with Crippen LogP contribution in [-0.2, 0) is 17.8 Å². The predicted octanol–water partition coefficient (Wildman–Crippen LogP) is 4.21. The van der Waals surface area contributed by atoms with E-state index >= 15 is 0 Å². The Morgan fingerprint density at radius 3 is 2.71 bits per heavy atom. The normalized spacial score (nSPS) is 15.0. The van der Waals surface area contributed by atoms with Crippen LogP contribution in [0.3, 0.4) is 0 Å². The van der Waals surface area contributed by atoms with Crippen molar-refractivity contribution in [2.45, 2.75) is 38.8 Å². The molecule has 2 heterocycles. The summed E-state index contributed by atoms with van der Waals surface area (Å²) in [7, 11) is 1.68.